The zero-order valence-corrected chi connectivity index (χ0v) is 15.0. The predicted molar refractivity (Wildman–Crippen MR) is 98.6 cm³/mol. The average Bonchev–Trinajstić information content (AvgIpc) is 2.79. The second kappa shape index (κ2) is 6.63. The van der Waals surface area contributed by atoms with Gasteiger partial charge in [0.15, 0.2) is 0 Å². The van der Waals surface area contributed by atoms with E-state index in [0.717, 1.165) is 16.0 Å². The molecule has 0 aliphatic carbocycles. The highest BCUT2D eigenvalue weighted by Gasteiger charge is 2.49. The van der Waals surface area contributed by atoms with Crippen LogP contribution < -0.4 is 10.6 Å². The molecule has 1 heterocycles. The molecule has 1 fully saturated rings. The van der Waals surface area contributed by atoms with E-state index >= 15 is 0 Å². The summed E-state index contributed by atoms with van der Waals surface area (Å²) in [5, 5.41) is 5.44. The van der Waals surface area contributed by atoms with E-state index in [0.29, 0.717) is 11.3 Å². The van der Waals surface area contributed by atoms with E-state index in [-0.39, 0.29) is 6.54 Å². The van der Waals surface area contributed by atoms with E-state index in [2.05, 4.69) is 10.6 Å². The fraction of sp³-hybridized carbons (Fsp3) is 0.250. The molecule has 2 aromatic carbocycles. The molecule has 4 amide bonds. The number of nitrogens with zero attached hydrogens (tertiary/aromatic N) is 1. The maximum Gasteiger partial charge on any atom is 0.325 e. The average molecular weight is 351 g/mol. The van der Waals surface area contributed by atoms with E-state index < -0.39 is 23.4 Å². The summed E-state index contributed by atoms with van der Waals surface area (Å²) >= 11 is 0. The fourth-order valence-electron chi connectivity index (χ4n) is 3.20. The van der Waals surface area contributed by atoms with Crippen LogP contribution in [0.3, 0.4) is 0 Å². The van der Waals surface area contributed by atoms with Gasteiger partial charge in [0, 0.05) is 5.69 Å². The number of amides is 4. The summed E-state index contributed by atoms with van der Waals surface area (Å²) in [6, 6.07) is 14.1. The highest BCUT2D eigenvalue weighted by atomic mass is 16.2. The first kappa shape index (κ1) is 17.7. The van der Waals surface area contributed by atoms with Gasteiger partial charge in [-0.15, -0.1) is 0 Å². The van der Waals surface area contributed by atoms with E-state index in [1.165, 1.54) is 0 Å². The van der Waals surface area contributed by atoms with Gasteiger partial charge in [0.25, 0.3) is 5.91 Å². The highest BCUT2D eigenvalue weighted by Crippen LogP contribution is 2.28. The van der Waals surface area contributed by atoms with Crippen LogP contribution in [0, 0.1) is 13.8 Å². The van der Waals surface area contributed by atoms with Gasteiger partial charge < -0.3 is 10.6 Å². The lowest BCUT2D eigenvalue weighted by atomic mass is 9.92. The van der Waals surface area contributed by atoms with Gasteiger partial charge in [-0.2, -0.15) is 0 Å². The molecule has 26 heavy (non-hydrogen) atoms. The lowest BCUT2D eigenvalue weighted by molar-refractivity contribution is -0.133. The van der Waals surface area contributed by atoms with E-state index in [9.17, 15) is 14.4 Å². The minimum atomic E-state index is -1.17. The number of imide groups is 1. The van der Waals surface area contributed by atoms with Crippen molar-refractivity contribution in [3.8, 4) is 0 Å². The number of rotatable bonds is 4. The van der Waals surface area contributed by atoms with Crippen molar-refractivity contribution in [2.24, 2.45) is 0 Å². The van der Waals surface area contributed by atoms with Crippen molar-refractivity contribution < 1.29 is 14.4 Å². The molecule has 0 unspecified atom stereocenters. The van der Waals surface area contributed by atoms with Gasteiger partial charge in [-0.1, -0.05) is 36.4 Å². The first-order valence-corrected chi connectivity index (χ1v) is 8.37. The SMILES string of the molecule is Cc1cc(C)cc(NC(=O)CN2C(=O)N[C@](C)(c3ccccc3)C2=O)c1. The van der Waals surface area contributed by atoms with E-state index in [1.54, 1.807) is 31.2 Å². The van der Waals surface area contributed by atoms with Crippen LogP contribution in [0.1, 0.15) is 23.6 Å². The Morgan fingerprint density at radius 2 is 1.69 bits per heavy atom. The Morgan fingerprint density at radius 3 is 2.31 bits per heavy atom. The first-order valence-electron chi connectivity index (χ1n) is 8.37. The number of carbonyl (C=O) groups is 3. The number of hydrogen-bond acceptors (Lipinski definition) is 3. The molecule has 2 N–H and O–H groups in total. The largest absolute Gasteiger partial charge is 0.325 e. The van der Waals surface area contributed by atoms with Crippen molar-refractivity contribution in [1.29, 1.82) is 0 Å². The van der Waals surface area contributed by atoms with Crippen LogP contribution in [0.5, 0.6) is 0 Å². The summed E-state index contributed by atoms with van der Waals surface area (Å²) < 4.78 is 0. The van der Waals surface area contributed by atoms with Crippen molar-refractivity contribution in [1.82, 2.24) is 10.2 Å². The van der Waals surface area contributed by atoms with Gasteiger partial charge in [0.1, 0.15) is 12.1 Å². The van der Waals surface area contributed by atoms with Gasteiger partial charge >= 0.3 is 6.03 Å². The van der Waals surface area contributed by atoms with Gasteiger partial charge in [0.2, 0.25) is 5.91 Å². The fourth-order valence-corrected chi connectivity index (χ4v) is 3.20. The lowest BCUT2D eigenvalue weighted by Crippen LogP contribution is -2.42. The number of anilines is 1. The molecule has 6 nitrogen and oxygen atoms in total. The summed E-state index contributed by atoms with van der Waals surface area (Å²) in [5.74, 6) is -0.861. The van der Waals surface area contributed by atoms with Crippen molar-refractivity contribution in [2.45, 2.75) is 26.3 Å². The minimum Gasteiger partial charge on any atom is -0.325 e. The van der Waals surface area contributed by atoms with Gasteiger partial charge in [-0.25, -0.2) is 4.79 Å². The Labute approximate surface area is 152 Å². The number of urea groups is 1. The molecule has 0 radical (unpaired) electrons. The predicted octanol–water partition coefficient (Wildman–Crippen LogP) is 2.71. The second-order valence-corrected chi connectivity index (χ2v) is 6.74. The molecular weight excluding hydrogens is 330 g/mol. The molecule has 1 aliphatic heterocycles. The molecule has 1 atom stereocenters. The normalized spacial score (nSPS) is 19.4. The molecule has 2 aromatic rings. The molecule has 0 aromatic heterocycles. The third-order valence-corrected chi connectivity index (χ3v) is 4.43. The van der Waals surface area contributed by atoms with Gasteiger partial charge in [-0.05, 0) is 49.6 Å². The van der Waals surface area contributed by atoms with Crippen LogP contribution in [-0.2, 0) is 15.1 Å². The summed E-state index contributed by atoms with van der Waals surface area (Å²) in [4.78, 5) is 38.4. The summed E-state index contributed by atoms with van der Waals surface area (Å²) in [6.07, 6.45) is 0. The number of nitrogens with one attached hydrogen (secondary N) is 2. The zero-order valence-electron chi connectivity index (χ0n) is 15.0. The van der Waals surface area contributed by atoms with Crippen molar-refractivity contribution >= 4 is 23.5 Å². The van der Waals surface area contributed by atoms with Crippen LogP contribution in [0.4, 0.5) is 10.5 Å². The first-order chi connectivity index (χ1) is 12.3. The van der Waals surface area contributed by atoms with E-state index in [1.807, 2.05) is 38.1 Å². The molecule has 134 valence electrons. The van der Waals surface area contributed by atoms with Crippen LogP contribution in [0.2, 0.25) is 0 Å². The molecule has 0 spiro atoms. The topological polar surface area (TPSA) is 78.5 Å². The van der Waals surface area contributed by atoms with E-state index in [4.69, 9.17) is 0 Å². The van der Waals surface area contributed by atoms with Crippen LogP contribution in [0.25, 0.3) is 0 Å². The number of carbonyl (C=O) groups excluding carboxylic acids is 3. The minimum absolute atomic E-state index is 0.333. The number of hydrogen-bond donors (Lipinski definition) is 2. The highest BCUT2D eigenvalue weighted by molar-refractivity contribution is 6.10. The summed E-state index contributed by atoms with van der Waals surface area (Å²) in [5.41, 5.74) is 2.19. The van der Waals surface area contributed by atoms with Crippen molar-refractivity contribution in [3.05, 3.63) is 65.2 Å². The Morgan fingerprint density at radius 1 is 1.08 bits per heavy atom. The third kappa shape index (κ3) is 3.31. The maximum atomic E-state index is 12.8. The number of aryl methyl sites for hydroxylation is 2. The molecule has 0 saturated carbocycles. The van der Waals surface area contributed by atoms with Crippen molar-refractivity contribution in [2.75, 3.05) is 11.9 Å². The monoisotopic (exact) mass is 351 g/mol. The molecule has 6 heteroatoms. The molecule has 3 rings (SSSR count). The van der Waals surface area contributed by atoms with Gasteiger partial charge in [-0.3, -0.25) is 14.5 Å². The zero-order chi connectivity index (χ0) is 18.9. The summed E-state index contributed by atoms with van der Waals surface area (Å²) in [7, 11) is 0. The Hall–Kier alpha value is -3.15. The third-order valence-electron chi connectivity index (χ3n) is 4.43. The summed E-state index contributed by atoms with van der Waals surface area (Å²) in [6.45, 7) is 5.18. The smallest absolute Gasteiger partial charge is 0.325 e. The quantitative estimate of drug-likeness (QED) is 0.832. The standard InChI is InChI=1S/C20H21N3O3/c1-13-9-14(2)11-16(10-13)21-17(24)12-23-18(25)20(3,22-19(23)26)15-7-5-4-6-8-15/h4-11H,12H2,1-3H3,(H,21,24)(H,22,26)/t20-/m1/s1. The second-order valence-electron chi connectivity index (χ2n) is 6.74. The van der Waals surface area contributed by atoms with Crippen LogP contribution in [-0.4, -0.2) is 29.3 Å². The Bertz CT molecular complexity index is 859. The Kier molecular flexibility index (Phi) is 4.50. The molecule has 0 bridgehead atoms. The van der Waals surface area contributed by atoms with Crippen LogP contribution >= 0.6 is 0 Å². The molecule has 1 saturated heterocycles. The lowest BCUT2D eigenvalue weighted by Gasteiger charge is -2.22. The maximum absolute atomic E-state index is 12.8. The number of benzene rings is 2. The van der Waals surface area contributed by atoms with Gasteiger partial charge in [0.05, 0.1) is 0 Å². The molecule has 1 aliphatic rings. The Balaban J connectivity index is 1.74. The molecular formula is C20H21N3O3. The van der Waals surface area contributed by atoms with Crippen molar-refractivity contribution in [3.63, 3.8) is 0 Å². The van der Waals surface area contributed by atoms with Crippen LogP contribution in [0.15, 0.2) is 48.5 Å².